The zero-order valence-electron chi connectivity index (χ0n) is 10.3. The van der Waals surface area contributed by atoms with Gasteiger partial charge in [-0.25, -0.2) is 4.98 Å². The minimum absolute atomic E-state index is 0.353. The number of anilines is 1. The first-order chi connectivity index (χ1) is 8.79. The smallest absolute Gasteiger partial charge is 0.147 e. The third kappa shape index (κ3) is 2.09. The Morgan fingerprint density at radius 2 is 2.39 bits per heavy atom. The van der Waals surface area contributed by atoms with Gasteiger partial charge in [-0.3, -0.25) is 0 Å². The van der Waals surface area contributed by atoms with Crippen molar-refractivity contribution in [2.75, 3.05) is 18.1 Å². The van der Waals surface area contributed by atoms with Gasteiger partial charge in [0.15, 0.2) is 0 Å². The van der Waals surface area contributed by atoms with Crippen molar-refractivity contribution in [3.8, 4) is 0 Å². The molecule has 0 spiro atoms. The van der Waals surface area contributed by atoms with Crippen LogP contribution in [0.25, 0.3) is 0 Å². The Kier molecular flexibility index (Phi) is 3.41. The summed E-state index contributed by atoms with van der Waals surface area (Å²) in [6, 6.07) is 2.36. The topological polar surface area (TPSA) is 51.4 Å². The van der Waals surface area contributed by atoms with E-state index < -0.39 is 0 Å². The molecule has 2 heterocycles. The molecule has 2 atom stereocenters. The number of hydrogen-bond donors (Lipinski definition) is 1. The lowest BCUT2D eigenvalue weighted by atomic mass is 10.1. The number of ether oxygens (including phenoxy) is 1. The summed E-state index contributed by atoms with van der Waals surface area (Å²) < 4.78 is 5.81. The van der Waals surface area contributed by atoms with Gasteiger partial charge in [-0.15, -0.1) is 0 Å². The molecule has 2 unspecified atom stereocenters. The lowest BCUT2D eigenvalue weighted by molar-refractivity contribution is 0.0253. The summed E-state index contributed by atoms with van der Waals surface area (Å²) >= 11 is 6.33. The second-order valence-electron chi connectivity index (χ2n) is 4.95. The lowest BCUT2D eigenvalue weighted by Crippen LogP contribution is -2.49. The van der Waals surface area contributed by atoms with Crippen molar-refractivity contribution in [3.63, 3.8) is 0 Å². The molecule has 0 aromatic carbocycles. The number of nitrogens with two attached hydrogens (primary N) is 1. The molecule has 0 bridgehead atoms. The molecule has 4 nitrogen and oxygen atoms in total. The largest absolute Gasteiger partial charge is 0.374 e. The number of pyridine rings is 1. The van der Waals surface area contributed by atoms with E-state index in [2.05, 4.69) is 9.88 Å². The van der Waals surface area contributed by atoms with E-state index in [1.165, 1.54) is 12.8 Å². The molecule has 0 amide bonds. The Morgan fingerprint density at radius 1 is 1.50 bits per heavy atom. The van der Waals surface area contributed by atoms with Crippen molar-refractivity contribution in [1.82, 2.24) is 4.98 Å². The van der Waals surface area contributed by atoms with Gasteiger partial charge in [0, 0.05) is 19.3 Å². The fourth-order valence-corrected chi connectivity index (χ4v) is 3.28. The zero-order chi connectivity index (χ0) is 12.5. The fraction of sp³-hybridized carbons (Fsp3) is 0.615. The molecule has 1 aliphatic carbocycles. The SMILES string of the molecule is NCc1cnc(N2CCOC3CCCC32)c(Cl)c1. The summed E-state index contributed by atoms with van der Waals surface area (Å²) in [7, 11) is 0. The van der Waals surface area contributed by atoms with Crippen LogP contribution in [0.1, 0.15) is 24.8 Å². The minimum Gasteiger partial charge on any atom is -0.374 e. The van der Waals surface area contributed by atoms with E-state index in [4.69, 9.17) is 22.1 Å². The Bertz CT molecular complexity index is 440. The lowest BCUT2D eigenvalue weighted by Gasteiger charge is -2.38. The Morgan fingerprint density at radius 3 is 3.17 bits per heavy atom. The normalized spacial score (nSPS) is 27.3. The van der Waals surface area contributed by atoms with Crippen LogP contribution < -0.4 is 10.6 Å². The molecule has 1 saturated heterocycles. The molecule has 1 aromatic heterocycles. The molecule has 2 aliphatic rings. The third-order valence-corrected chi connectivity index (χ3v) is 4.15. The van der Waals surface area contributed by atoms with Gasteiger partial charge in [0.2, 0.25) is 0 Å². The van der Waals surface area contributed by atoms with Crippen molar-refractivity contribution in [3.05, 3.63) is 22.8 Å². The Balaban J connectivity index is 1.89. The Labute approximate surface area is 112 Å². The summed E-state index contributed by atoms with van der Waals surface area (Å²) in [5.41, 5.74) is 6.57. The first-order valence-corrected chi connectivity index (χ1v) is 6.90. The highest BCUT2D eigenvalue weighted by Crippen LogP contribution is 2.35. The van der Waals surface area contributed by atoms with Gasteiger partial charge in [-0.05, 0) is 30.9 Å². The van der Waals surface area contributed by atoms with Gasteiger partial charge in [-0.1, -0.05) is 11.6 Å². The van der Waals surface area contributed by atoms with Crippen molar-refractivity contribution in [2.45, 2.75) is 38.0 Å². The molecule has 1 aliphatic heterocycles. The summed E-state index contributed by atoms with van der Waals surface area (Å²) in [4.78, 5) is 6.80. The van der Waals surface area contributed by atoms with Crippen LogP contribution in [0, 0.1) is 0 Å². The van der Waals surface area contributed by atoms with E-state index in [0.29, 0.717) is 23.7 Å². The molecule has 2 N–H and O–H groups in total. The summed E-state index contributed by atoms with van der Waals surface area (Å²) in [5.74, 6) is 0.883. The molecule has 2 fully saturated rings. The van der Waals surface area contributed by atoms with Gasteiger partial charge < -0.3 is 15.4 Å². The molecule has 5 heteroatoms. The molecule has 18 heavy (non-hydrogen) atoms. The maximum Gasteiger partial charge on any atom is 0.147 e. The molecule has 3 rings (SSSR count). The second kappa shape index (κ2) is 5.03. The monoisotopic (exact) mass is 267 g/mol. The molecular formula is C13H18ClN3O. The van der Waals surface area contributed by atoms with Crippen LogP contribution in [0.4, 0.5) is 5.82 Å². The molecule has 1 saturated carbocycles. The fourth-order valence-electron chi connectivity index (χ4n) is 2.98. The highest BCUT2D eigenvalue weighted by atomic mass is 35.5. The highest BCUT2D eigenvalue weighted by molar-refractivity contribution is 6.33. The maximum absolute atomic E-state index is 6.33. The van der Waals surface area contributed by atoms with E-state index in [1.807, 2.05) is 12.3 Å². The number of rotatable bonds is 2. The summed E-state index contributed by atoms with van der Waals surface area (Å²) in [6.45, 7) is 2.11. The maximum atomic E-state index is 6.33. The number of halogens is 1. The van der Waals surface area contributed by atoms with Gasteiger partial charge in [-0.2, -0.15) is 0 Å². The van der Waals surface area contributed by atoms with Gasteiger partial charge in [0.25, 0.3) is 0 Å². The van der Waals surface area contributed by atoms with Crippen LogP contribution in [0.5, 0.6) is 0 Å². The van der Waals surface area contributed by atoms with E-state index in [-0.39, 0.29) is 0 Å². The van der Waals surface area contributed by atoms with Crippen LogP contribution in [0.2, 0.25) is 5.02 Å². The van der Waals surface area contributed by atoms with Crippen LogP contribution >= 0.6 is 11.6 Å². The highest BCUT2D eigenvalue weighted by Gasteiger charge is 2.37. The van der Waals surface area contributed by atoms with Gasteiger partial charge in [0.05, 0.1) is 23.8 Å². The number of hydrogen-bond acceptors (Lipinski definition) is 4. The third-order valence-electron chi connectivity index (χ3n) is 3.87. The van der Waals surface area contributed by atoms with E-state index in [9.17, 15) is 0 Å². The molecule has 1 aromatic rings. The number of aromatic nitrogens is 1. The first kappa shape index (κ1) is 12.2. The molecule has 0 radical (unpaired) electrons. The van der Waals surface area contributed by atoms with Crippen molar-refractivity contribution in [2.24, 2.45) is 5.73 Å². The first-order valence-electron chi connectivity index (χ1n) is 6.52. The second-order valence-corrected chi connectivity index (χ2v) is 5.36. The standard InChI is InChI=1S/C13H18ClN3O/c14-10-6-9(7-15)8-16-13(10)17-4-5-18-12-3-1-2-11(12)17/h6,8,11-12H,1-5,7,15H2. The van der Waals surface area contributed by atoms with Crippen LogP contribution in [0.15, 0.2) is 12.3 Å². The predicted octanol–water partition coefficient (Wildman–Crippen LogP) is 1.95. The summed E-state index contributed by atoms with van der Waals surface area (Å²) in [6.07, 6.45) is 5.72. The Hall–Kier alpha value is -0.840. The van der Waals surface area contributed by atoms with Crippen molar-refractivity contribution in [1.29, 1.82) is 0 Å². The van der Waals surface area contributed by atoms with E-state index in [0.717, 1.165) is 31.0 Å². The number of nitrogens with zero attached hydrogens (tertiary/aromatic N) is 2. The van der Waals surface area contributed by atoms with Crippen LogP contribution in [-0.4, -0.2) is 30.3 Å². The van der Waals surface area contributed by atoms with Gasteiger partial charge >= 0.3 is 0 Å². The predicted molar refractivity (Wildman–Crippen MR) is 71.9 cm³/mol. The van der Waals surface area contributed by atoms with E-state index >= 15 is 0 Å². The quantitative estimate of drug-likeness (QED) is 0.890. The van der Waals surface area contributed by atoms with Gasteiger partial charge in [0.1, 0.15) is 5.82 Å². The number of fused-ring (bicyclic) bond motifs is 1. The van der Waals surface area contributed by atoms with Crippen LogP contribution in [-0.2, 0) is 11.3 Å². The molecular weight excluding hydrogens is 250 g/mol. The van der Waals surface area contributed by atoms with Crippen molar-refractivity contribution >= 4 is 17.4 Å². The molecule has 98 valence electrons. The van der Waals surface area contributed by atoms with Crippen LogP contribution in [0.3, 0.4) is 0 Å². The average Bonchev–Trinajstić information content (AvgIpc) is 2.87. The minimum atomic E-state index is 0.353. The summed E-state index contributed by atoms with van der Waals surface area (Å²) in [5, 5.41) is 0.700. The van der Waals surface area contributed by atoms with Crippen molar-refractivity contribution < 1.29 is 4.74 Å². The van der Waals surface area contributed by atoms with E-state index in [1.54, 1.807) is 0 Å². The number of morpholine rings is 1. The zero-order valence-corrected chi connectivity index (χ0v) is 11.1. The average molecular weight is 268 g/mol.